The summed E-state index contributed by atoms with van der Waals surface area (Å²) in [6, 6.07) is 6.29. The zero-order chi connectivity index (χ0) is 18.5. The van der Waals surface area contributed by atoms with Crippen LogP contribution in [0.25, 0.3) is 0 Å². The van der Waals surface area contributed by atoms with Gasteiger partial charge in [-0.2, -0.15) is 0 Å². The van der Waals surface area contributed by atoms with E-state index in [4.69, 9.17) is 18.7 Å². The van der Waals surface area contributed by atoms with Crippen molar-refractivity contribution in [1.82, 2.24) is 10.1 Å². The van der Waals surface area contributed by atoms with Crippen LogP contribution in [0.3, 0.4) is 0 Å². The molecule has 1 saturated heterocycles. The van der Waals surface area contributed by atoms with Gasteiger partial charge in [0.25, 0.3) is 0 Å². The Morgan fingerprint density at radius 2 is 1.88 bits per heavy atom. The molecule has 0 amide bonds. The van der Waals surface area contributed by atoms with Crippen molar-refractivity contribution in [1.29, 1.82) is 0 Å². The van der Waals surface area contributed by atoms with Crippen LogP contribution in [0.15, 0.2) is 22.7 Å². The molecule has 6 heteroatoms. The summed E-state index contributed by atoms with van der Waals surface area (Å²) < 4.78 is 21.9. The fourth-order valence-electron chi connectivity index (χ4n) is 3.74. The number of hydrogen-bond acceptors (Lipinski definition) is 6. The highest BCUT2D eigenvalue weighted by Crippen LogP contribution is 2.41. The summed E-state index contributed by atoms with van der Waals surface area (Å²) >= 11 is 0. The summed E-state index contributed by atoms with van der Waals surface area (Å²) in [5, 5.41) is 4.28. The highest BCUT2D eigenvalue weighted by Gasteiger charge is 2.27. The molecule has 26 heavy (non-hydrogen) atoms. The number of nitrogens with zero attached hydrogens (tertiary/aromatic N) is 2. The minimum atomic E-state index is 0.257. The molecule has 0 N–H and O–H groups in total. The molecule has 2 aromatic rings. The molecule has 1 aliphatic rings. The van der Waals surface area contributed by atoms with Crippen molar-refractivity contribution >= 4 is 0 Å². The third-order valence-corrected chi connectivity index (χ3v) is 5.01. The molecule has 0 bridgehead atoms. The Balaban J connectivity index is 1.92. The van der Waals surface area contributed by atoms with Gasteiger partial charge >= 0.3 is 0 Å². The molecular formula is C20H28N2O4. The van der Waals surface area contributed by atoms with E-state index in [1.165, 1.54) is 19.3 Å². The minimum absolute atomic E-state index is 0.257. The monoisotopic (exact) mass is 360 g/mol. The largest absolute Gasteiger partial charge is 0.493 e. The number of ether oxygens (including phenoxy) is 3. The average molecular weight is 360 g/mol. The molecule has 1 aromatic heterocycles. The van der Waals surface area contributed by atoms with Crippen molar-refractivity contribution in [3.8, 4) is 17.2 Å². The van der Waals surface area contributed by atoms with E-state index in [-0.39, 0.29) is 6.04 Å². The zero-order valence-electron chi connectivity index (χ0n) is 16.1. The van der Waals surface area contributed by atoms with E-state index in [0.29, 0.717) is 11.5 Å². The zero-order valence-corrected chi connectivity index (χ0v) is 16.1. The molecule has 1 aliphatic heterocycles. The van der Waals surface area contributed by atoms with Crippen LogP contribution in [-0.2, 0) is 6.54 Å². The lowest BCUT2D eigenvalue weighted by molar-refractivity contribution is 0.181. The van der Waals surface area contributed by atoms with Crippen LogP contribution >= 0.6 is 0 Å². The Hall–Kier alpha value is -2.21. The number of aryl methyl sites for hydroxylation is 1. The third-order valence-electron chi connectivity index (χ3n) is 5.01. The maximum absolute atomic E-state index is 5.66. The quantitative estimate of drug-likeness (QED) is 0.772. The van der Waals surface area contributed by atoms with E-state index in [2.05, 4.69) is 22.2 Å². The van der Waals surface area contributed by atoms with E-state index in [0.717, 1.165) is 42.3 Å². The predicted molar refractivity (Wildman–Crippen MR) is 99.0 cm³/mol. The highest BCUT2D eigenvalue weighted by molar-refractivity contribution is 5.55. The third kappa shape index (κ3) is 3.80. The number of likely N-dealkylation sites (tertiary alicyclic amines) is 1. The fraction of sp³-hybridized carbons (Fsp3) is 0.550. The minimum Gasteiger partial charge on any atom is -0.493 e. The first-order chi connectivity index (χ1) is 12.7. The second-order valence-corrected chi connectivity index (χ2v) is 6.69. The topological polar surface area (TPSA) is 57.0 Å². The maximum Gasteiger partial charge on any atom is 0.203 e. The van der Waals surface area contributed by atoms with Gasteiger partial charge in [0.15, 0.2) is 11.5 Å². The van der Waals surface area contributed by atoms with Crippen molar-refractivity contribution in [2.75, 3.05) is 27.9 Å². The average Bonchev–Trinajstić information content (AvgIpc) is 2.95. The van der Waals surface area contributed by atoms with Crippen LogP contribution in [0.1, 0.15) is 48.7 Å². The summed E-state index contributed by atoms with van der Waals surface area (Å²) in [5.74, 6) is 2.89. The first-order valence-corrected chi connectivity index (χ1v) is 9.13. The van der Waals surface area contributed by atoms with Gasteiger partial charge in [0.2, 0.25) is 5.75 Å². The lowest BCUT2D eigenvalue weighted by Crippen LogP contribution is -2.28. The molecule has 2 heterocycles. The summed E-state index contributed by atoms with van der Waals surface area (Å²) in [4.78, 5) is 2.47. The lowest BCUT2D eigenvalue weighted by atomic mass is 10.0. The van der Waals surface area contributed by atoms with Gasteiger partial charge in [-0.05, 0) is 32.4 Å². The second-order valence-electron chi connectivity index (χ2n) is 6.69. The van der Waals surface area contributed by atoms with E-state index < -0.39 is 0 Å². The molecular weight excluding hydrogens is 332 g/mol. The number of benzene rings is 1. The Morgan fingerprint density at radius 3 is 2.54 bits per heavy atom. The van der Waals surface area contributed by atoms with E-state index >= 15 is 0 Å². The molecule has 0 radical (unpaired) electrons. The summed E-state index contributed by atoms with van der Waals surface area (Å²) in [6.45, 7) is 3.73. The van der Waals surface area contributed by atoms with Crippen LogP contribution in [0, 0.1) is 6.92 Å². The van der Waals surface area contributed by atoms with Crippen LogP contribution in [-0.4, -0.2) is 37.9 Å². The van der Waals surface area contributed by atoms with Gasteiger partial charge in [0.1, 0.15) is 11.5 Å². The van der Waals surface area contributed by atoms with E-state index in [1.807, 2.05) is 13.0 Å². The summed E-state index contributed by atoms with van der Waals surface area (Å²) in [5.41, 5.74) is 2.10. The second kappa shape index (κ2) is 8.45. The Morgan fingerprint density at radius 1 is 1.08 bits per heavy atom. The van der Waals surface area contributed by atoms with Crippen molar-refractivity contribution in [3.05, 3.63) is 35.2 Å². The summed E-state index contributed by atoms with van der Waals surface area (Å²) in [7, 11) is 4.94. The Bertz CT molecular complexity index is 729. The number of methoxy groups -OCH3 is 3. The van der Waals surface area contributed by atoms with Gasteiger partial charge < -0.3 is 18.7 Å². The molecule has 0 aliphatic carbocycles. The number of aromatic nitrogens is 1. The molecule has 0 spiro atoms. The van der Waals surface area contributed by atoms with Gasteiger partial charge in [-0.25, -0.2) is 0 Å². The van der Waals surface area contributed by atoms with Gasteiger partial charge in [-0.3, -0.25) is 4.90 Å². The summed E-state index contributed by atoms with van der Waals surface area (Å²) in [6.07, 6.45) is 4.72. The molecule has 3 rings (SSSR count). The number of rotatable bonds is 6. The van der Waals surface area contributed by atoms with E-state index in [9.17, 15) is 0 Å². The molecule has 1 atom stereocenters. The van der Waals surface area contributed by atoms with Crippen molar-refractivity contribution in [2.24, 2.45) is 0 Å². The van der Waals surface area contributed by atoms with Crippen molar-refractivity contribution in [3.63, 3.8) is 0 Å². The lowest BCUT2D eigenvalue weighted by Gasteiger charge is -2.29. The smallest absolute Gasteiger partial charge is 0.203 e. The van der Waals surface area contributed by atoms with Gasteiger partial charge in [-0.1, -0.05) is 24.1 Å². The maximum atomic E-state index is 5.66. The van der Waals surface area contributed by atoms with Crippen LogP contribution in [0.5, 0.6) is 17.2 Å². The highest BCUT2D eigenvalue weighted by atomic mass is 16.5. The first-order valence-electron chi connectivity index (χ1n) is 9.13. The number of hydrogen-bond donors (Lipinski definition) is 0. The van der Waals surface area contributed by atoms with Gasteiger partial charge in [0.05, 0.1) is 27.4 Å². The van der Waals surface area contributed by atoms with Crippen molar-refractivity contribution in [2.45, 2.75) is 45.2 Å². The van der Waals surface area contributed by atoms with Crippen LogP contribution in [0.4, 0.5) is 0 Å². The molecule has 1 aromatic carbocycles. The molecule has 1 fully saturated rings. The van der Waals surface area contributed by atoms with Gasteiger partial charge in [0, 0.05) is 18.2 Å². The molecule has 6 nitrogen and oxygen atoms in total. The predicted octanol–water partition coefficient (Wildman–Crippen LogP) is 4.13. The SMILES string of the molecule is COc1ccc(CN2CCCCCC2c2cc(C)on2)c(OC)c1OC. The first kappa shape index (κ1) is 18.6. The van der Waals surface area contributed by atoms with Crippen LogP contribution in [0.2, 0.25) is 0 Å². The Kier molecular flexibility index (Phi) is 6.04. The van der Waals surface area contributed by atoms with Gasteiger partial charge in [-0.15, -0.1) is 0 Å². The Labute approximate surface area is 155 Å². The van der Waals surface area contributed by atoms with Crippen molar-refractivity contribution < 1.29 is 18.7 Å². The standard InChI is InChI=1S/C20H28N2O4/c1-14-12-16(21-26-14)17-8-6-5-7-11-22(17)13-15-9-10-18(23-2)20(25-4)19(15)24-3/h9-10,12,17H,5-8,11,13H2,1-4H3. The normalized spacial score (nSPS) is 18.4. The molecule has 0 saturated carbocycles. The molecule has 1 unspecified atom stereocenters. The van der Waals surface area contributed by atoms with E-state index in [1.54, 1.807) is 21.3 Å². The fourth-order valence-corrected chi connectivity index (χ4v) is 3.74. The van der Waals surface area contributed by atoms with Crippen LogP contribution < -0.4 is 14.2 Å². The molecule has 142 valence electrons.